The molecule has 0 saturated carbocycles. The monoisotopic (exact) mass is 831 g/mol. The van der Waals surface area contributed by atoms with Gasteiger partial charge in [0.2, 0.25) is 5.91 Å². The molecule has 59 heavy (non-hydrogen) atoms. The van der Waals surface area contributed by atoms with Gasteiger partial charge in [0.1, 0.15) is 29.8 Å². The van der Waals surface area contributed by atoms with E-state index in [1.54, 1.807) is 45.3 Å². The molecule has 2 fully saturated rings. The number of alkyl carbamates (subject to hydrolysis) is 1. The third kappa shape index (κ3) is 12.4. The van der Waals surface area contributed by atoms with Crippen LogP contribution in [-0.2, 0) is 33.8 Å². The van der Waals surface area contributed by atoms with Crippen molar-refractivity contribution < 1.29 is 33.0 Å². The van der Waals surface area contributed by atoms with Gasteiger partial charge in [0.05, 0.1) is 19.0 Å². The van der Waals surface area contributed by atoms with E-state index in [4.69, 9.17) is 25.8 Å². The zero-order chi connectivity index (χ0) is 41.9. The molecular weight excluding hydrogens is 777 g/mol. The van der Waals surface area contributed by atoms with Crippen molar-refractivity contribution in [2.45, 2.75) is 71.8 Å². The third-order valence-corrected chi connectivity index (χ3v) is 10.8. The first-order chi connectivity index (χ1) is 28.3. The summed E-state index contributed by atoms with van der Waals surface area (Å²) in [4.78, 5) is 47.4. The van der Waals surface area contributed by atoms with Gasteiger partial charge in [0, 0.05) is 55.4 Å². The molecule has 4 aromatic rings. The lowest BCUT2D eigenvalue weighted by molar-refractivity contribution is -0.137. The number of aromatic nitrogens is 2. The minimum absolute atomic E-state index is 0.0943. The molecule has 0 spiro atoms. The van der Waals surface area contributed by atoms with E-state index in [1.807, 2.05) is 60.4 Å². The summed E-state index contributed by atoms with van der Waals surface area (Å²) in [6.07, 6.45) is 4.30. The Hall–Kier alpha value is -5.18. The number of piperazine rings is 1. The van der Waals surface area contributed by atoms with E-state index in [-0.39, 0.29) is 24.2 Å². The van der Waals surface area contributed by atoms with Crippen LogP contribution < -0.4 is 15.5 Å². The van der Waals surface area contributed by atoms with Gasteiger partial charge in [-0.2, -0.15) is 9.89 Å². The summed E-state index contributed by atoms with van der Waals surface area (Å²) in [5.41, 5.74) is 6.15. The van der Waals surface area contributed by atoms with Crippen LogP contribution in [0.5, 0.6) is 5.75 Å². The van der Waals surface area contributed by atoms with Gasteiger partial charge < -0.3 is 29.3 Å². The zero-order valence-corrected chi connectivity index (χ0v) is 35.1. The second-order valence-electron chi connectivity index (χ2n) is 16.0. The summed E-state index contributed by atoms with van der Waals surface area (Å²) in [5.74, 6) is -0.0108. The fourth-order valence-electron chi connectivity index (χ4n) is 7.56. The summed E-state index contributed by atoms with van der Waals surface area (Å²) in [5, 5.41) is 7.88. The van der Waals surface area contributed by atoms with Gasteiger partial charge in [0.25, 0.3) is 0 Å². The van der Waals surface area contributed by atoms with Crippen LogP contribution >= 0.6 is 11.6 Å². The number of hydrogen-bond acceptors (Lipinski definition) is 9. The maximum absolute atomic E-state index is 14.8. The lowest BCUT2D eigenvalue weighted by Crippen LogP contribution is -2.58. The number of likely N-dealkylation sites (tertiary alicyclic amines) is 1. The average Bonchev–Trinajstić information content (AvgIpc) is 3.67. The fourth-order valence-corrected chi connectivity index (χ4v) is 7.75. The molecule has 1 atom stereocenters. The average molecular weight is 832 g/mol. The molecule has 0 unspecified atom stereocenters. The number of hydrogen-bond donors (Lipinski definition) is 2. The Balaban J connectivity index is 1.07. The highest BCUT2D eigenvalue weighted by Gasteiger charge is 2.37. The van der Waals surface area contributed by atoms with Crippen molar-refractivity contribution in [1.29, 1.82) is 0 Å². The summed E-state index contributed by atoms with van der Waals surface area (Å²) < 4.78 is 31.5. The zero-order valence-electron chi connectivity index (χ0n) is 34.3. The molecule has 0 bridgehead atoms. The van der Waals surface area contributed by atoms with Crippen LogP contribution in [0.2, 0.25) is 5.02 Å². The van der Waals surface area contributed by atoms with Crippen LogP contribution in [0.15, 0.2) is 79.1 Å². The molecular formula is C44H55ClFN7O6. The predicted molar refractivity (Wildman–Crippen MR) is 224 cm³/mol. The third-order valence-electron chi connectivity index (χ3n) is 10.6. The van der Waals surface area contributed by atoms with Crippen LogP contribution in [-0.4, -0.2) is 107 Å². The Kier molecular flexibility index (Phi) is 14.9. The summed E-state index contributed by atoms with van der Waals surface area (Å²) in [6.45, 7) is 12.4. The van der Waals surface area contributed by atoms with Crippen molar-refractivity contribution in [3.05, 3.63) is 107 Å². The van der Waals surface area contributed by atoms with Crippen molar-refractivity contribution in [1.82, 2.24) is 29.9 Å². The van der Waals surface area contributed by atoms with E-state index in [1.165, 1.54) is 10.9 Å². The van der Waals surface area contributed by atoms with Crippen molar-refractivity contribution in [3.8, 4) is 16.9 Å². The summed E-state index contributed by atoms with van der Waals surface area (Å²) in [6, 6.07) is 19.3. The number of carbonyl (C=O) groups excluding carboxylic acids is 3. The van der Waals surface area contributed by atoms with E-state index in [0.717, 1.165) is 41.9 Å². The number of ether oxygens (including phenoxy) is 3. The second kappa shape index (κ2) is 20.2. The number of amides is 3. The minimum atomic E-state index is -0.756. The predicted octanol–water partition coefficient (Wildman–Crippen LogP) is 7.11. The van der Waals surface area contributed by atoms with Crippen molar-refractivity contribution in [2.75, 3.05) is 57.8 Å². The van der Waals surface area contributed by atoms with E-state index in [2.05, 4.69) is 25.6 Å². The number of nitrogens with one attached hydrogen (secondary N) is 2. The molecule has 2 aliphatic heterocycles. The van der Waals surface area contributed by atoms with Crippen molar-refractivity contribution in [2.24, 2.45) is 5.92 Å². The van der Waals surface area contributed by atoms with Crippen LogP contribution in [0.25, 0.3) is 11.1 Å². The van der Waals surface area contributed by atoms with E-state index in [9.17, 15) is 18.8 Å². The molecule has 316 valence electrons. The van der Waals surface area contributed by atoms with Gasteiger partial charge in [-0.1, -0.05) is 54.1 Å². The highest BCUT2D eigenvalue weighted by molar-refractivity contribution is 6.30. The van der Waals surface area contributed by atoms with E-state index >= 15 is 0 Å². The maximum atomic E-state index is 14.8. The van der Waals surface area contributed by atoms with Crippen LogP contribution in [0.1, 0.15) is 57.2 Å². The Labute approximate surface area is 350 Å². The molecule has 15 heteroatoms. The lowest BCUT2D eigenvalue weighted by Gasteiger charge is -2.40. The Bertz CT molecular complexity index is 2030. The summed E-state index contributed by atoms with van der Waals surface area (Å²) in [7, 11) is 0. The first kappa shape index (κ1) is 43.4. The van der Waals surface area contributed by atoms with Crippen molar-refractivity contribution >= 4 is 29.7 Å². The van der Waals surface area contributed by atoms with Crippen LogP contribution in [0.4, 0.5) is 14.0 Å². The molecule has 2 saturated heterocycles. The topological polar surface area (TPSA) is 130 Å². The molecule has 2 aliphatic rings. The number of halogens is 2. The molecule has 6 rings (SSSR count). The quantitative estimate of drug-likeness (QED) is 0.137. The molecule has 0 radical (unpaired) electrons. The van der Waals surface area contributed by atoms with Crippen molar-refractivity contribution in [3.63, 3.8) is 0 Å². The SMILES string of the molecule is CCOc1cccc(F)c1CN1CCN(C(=O)[C@H](NC(=O)OCc2ccccc2)C2CCN(CCc3cc(Cl)ccc3-c3cnn(NC(=O)OC(C)(C)C)c3)CC2)CC1. The smallest absolute Gasteiger partial charge is 0.428 e. The number of benzene rings is 3. The van der Waals surface area contributed by atoms with Gasteiger partial charge in [0.15, 0.2) is 0 Å². The van der Waals surface area contributed by atoms with Gasteiger partial charge in [-0.05, 0) is 107 Å². The first-order valence-electron chi connectivity index (χ1n) is 20.3. The van der Waals surface area contributed by atoms with Crippen LogP contribution in [0.3, 0.4) is 0 Å². The Morgan fingerprint density at radius 3 is 2.39 bits per heavy atom. The summed E-state index contributed by atoms with van der Waals surface area (Å²) >= 11 is 6.46. The number of rotatable bonds is 14. The number of carbonyl (C=O) groups is 3. The van der Waals surface area contributed by atoms with Crippen LogP contribution in [0, 0.1) is 11.7 Å². The lowest BCUT2D eigenvalue weighted by atomic mass is 9.88. The molecule has 1 aromatic heterocycles. The number of nitrogens with zero attached hydrogens (tertiary/aromatic N) is 5. The maximum Gasteiger partial charge on any atom is 0.428 e. The second-order valence-corrected chi connectivity index (χ2v) is 16.4. The molecule has 3 aromatic carbocycles. The molecule has 13 nitrogen and oxygen atoms in total. The van der Waals surface area contributed by atoms with Gasteiger partial charge in [-0.25, -0.2) is 19.4 Å². The molecule has 3 heterocycles. The van der Waals surface area contributed by atoms with Gasteiger partial charge >= 0.3 is 12.2 Å². The molecule has 2 N–H and O–H groups in total. The first-order valence-corrected chi connectivity index (χ1v) is 20.7. The van der Waals surface area contributed by atoms with E-state index in [0.29, 0.717) is 74.9 Å². The molecule has 0 aliphatic carbocycles. The number of piperidine rings is 1. The van der Waals surface area contributed by atoms with Gasteiger partial charge in [-0.3, -0.25) is 9.69 Å². The largest absolute Gasteiger partial charge is 0.493 e. The highest BCUT2D eigenvalue weighted by Crippen LogP contribution is 2.29. The molecule has 3 amide bonds. The fraction of sp³-hybridized carbons (Fsp3) is 0.455. The Morgan fingerprint density at radius 1 is 0.932 bits per heavy atom. The standard InChI is InChI=1S/C44H55ClFN7O6/c1-5-57-39-13-9-12-38(46)37(39)29-51-22-24-52(25-23-51)41(54)40(48-42(55)58-30-31-10-7-6-8-11-31)32-16-19-50(20-17-32)21-18-33-26-35(45)14-15-36(33)34-27-47-53(28-34)49-43(56)59-44(2,3)4/h6-15,26-28,32,40H,5,16-25,29-30H2,1-4H3,(H,48,55)(H,49,56)/t40-/m1/s1. The normalized spacial score (nSPS) is 16.0. The minimum Gasteiger partial charge on any atom is -0.493 e. The van der Waals surface area contributed by atoms with E-state index < -0.39 is 23.8 Å². The highest BCUT2D eigenvalue weighted by atomic mass is 35.5. The Morgan fingerprint density at radius 2 is 1.68 bits per heavy atom. The van der Waals surface area contributed by atoms with Gasteiger partial charge in [-0.15, -0.1) is 0 Å².